The summed E-state index contributed by atoms with van der Waals surface area (Å²) in [5, 5.41) is 11.6. The van der Waals surface area contributed by atoms with E-state index in [1.165, 1.54) is 0 Å². The molecule has 1 aliphatic rings. The van der Waals surface area contributed by atoms with Gasteiger partial charge in [-0.15, -0.1) is 10.2 Å². The van der Waals surface area contributed by atoms with Crippen LogP contribution in [0.4, 0.5) is 0 Å². The third-order valence-electron chi connectivity index (χ3n) is 3.58. The second-order valence-corrected chi connectivity index (χ2v) is 5.01. The van der Waals surface area contributed by atoms with Gasteiger partial charge in [0, 0.05) is 38.9 Å². The molecular weight excluding hydrogens is 242 g/mol. The molecule has 1 aromatic heterocycles. The molecule has 2 heterocycles. The summed E-state index contributed by atoms with van der Waals surface area (Å²) in [6.07, 6.45) is 2.90. The van der Waals surface area contributed by atoms with Crippen molar-refractivity contribution in [2.75, 3.05) is 32.8 Å². The average molecular weight is 267 g/mol. The van der Waals surface area contributed by atoms with Crippen molar-refractivity contribution in [2.24, 2.45) is 0 Å². The van der Waals surface area contributed by atoms with Crippen molar-refractivity contribution in [3.8, 4) is 0 Å². The van der Waals surface area contributed by atoms with Crippen LogP contribution in [0.1, 0.15) is 26.1 Å². The molecule has 6 nitrogen and oxygen atoms in total. The largest absolute Gasteiger partial charge is 0.382 e. The Morgan fingerprint density at radius 3 is 3.21 bits per heavy atom. The number of hydrogen-bond acceptors (Lipinski definition) is 5. The number of hydrogen-bond donors (Lipinski definition) is 1. The molecular formula is C13H25N5O. The summed E-state index contributed by atoms with van der Waals surface area (Å²) in [6, 6.07) is 0.526. The number of nitrogens with one attached hydrogen (secondary N) is 1. The Balaban J connectivity index is 1.63. The predicted molar refractivity (Wildman–Crippen MR) is 73.9 cm³/mol. The lowest BCUT2D eigenvalue weighted by atomic mass is 10.2. The third kappa shape index (κ3) is 4.26. The lowest BCUT2D eigenvalue weighted by Crippen LogP contribution is -2.44. The molecule has 0 saturated carbocycles. The smallest absolute Gasteiger partial charge is 0.147 e. The van der Waals surface area contributed by atoms with Gasteiger partial charge in [0.15, 0.2) is 0 Å². The monoisotopic (exact) mass is 267 g/mol. The first-order chi connectivity index (χ1) is 9.31. The zero-order valence-electron chi connectivity index (χ0n) is 12.0. The van der Waals surface area contributed by atoms with E-state index in [4.69, 9.17) is 4.74 Å². The molecule has 6 heteroatoms. The molecule has 1 atom stereocenters. The minimum absolute atomic E-state index is 0.526. The first-order valence-electron chi connectivity index (χ1n) is 7.20. The predicted octanol–water partition coefficient (Wildman–Crippen LogP) is 0.498. The van der Waals surface area contributed by atoms with E-state index in [9.17, 15) is 0 Å². The minimum Gasteiger partial charge on any atom is -0.382 e. The van der Waals surface area contributed by atoms with Crippen LogP contribution in [-0.4, -0.2) is 58.6 Å². The summed E-state index contributed by atoms with van der Waals surface area (Å²) in [5.41, 5.74) is 0. The van der Waals surface area contributed by atoms with E-state index < -0.39 is 0 Å². The van der Waals surface area contributed by atoms with Crippen molar-refractivity contribution in [2.45, 2.75) is 39.4 Å². The molecule has 0 saturated heterocycles. The maximum absolute atomic E-state index is 5.32. The number of fused-ring (bicyclic) bond motifs is 1. The van der Waals surface area contributed by atoms with E-state index >= 15 is 0 Å². The summed E-state index contributed by atoms with van der Waals surface area (Å²) in [4.78, 5) is 2.46. The van der Waals surface area contributed by atoms with Gasteiger partial charge in [0.05, 0.1) is 6.54 Å². The van der Waals surface area contributed by atoms with Gasteiger partial charge in [0.2, 0.25) is 0 Å². The Morgan fingerprint density at radius 1 is 1.47 bits per heavy atom. The van der Waals surface area contributed by atoms with Gasteiger partial charge in [0.25, 0.3) is 0 Å². The van der Waals surface area contributed by atoms with Crippen molar-refractivity contribution in [1.29, 1.82) is 0 Å². The van der Waals surface area contributed by atoms with Crippen molar-refractivity contribution in [3.63, 3.8) is 0 Å². The van der Waals surface area contributed by atoms with Crippen LogP contribution >= 0.6 is 0 Å². The van der Waals surface area contributed by atoms with Crippen LogP contribution in [0.25, 0.3) is 0 Å². The zero-order valence-corrected chi connectivity index (χ0v) is 12.0. The van der Waals surface area contributed by atoms with E-state index in [-0.39, 0.29) is 0 Å². The van der Waals surface area contributed by atoms with E-state index in [1.807, 2.05) is 13.3 Å². The van der Waals surface area contributed by atoms with E-state index in [0.717, 1.165) is 58.2 Å². The molecule has 0 aliphatic carbocycles. The van der Waals surface area contributed by atoms with Gasteiger partial charge in [-0.1, -0.05) is 0 Å². The number of ether oxygens (including phenoxy) is 1. The second-order valence-electron chi connectivity index (χ2n) is 5.01. The topological polar surface area (TPSA) is 55.2 Å². The van der Waals surface area contributed by atoms with Crippen LogP contribution in [0.3, 0.4) is 0 Å². The Hall–Kier alpha value is -0.980. The van der Waals surface area contributed by atoms with Crippen molar-refractivity contribution >= 4 is 0 Å². The Bertz CT molecular complexity index is 368. The van der Waals surface area contributed by atoms with Gasteiger partial charge in [-0.3, -0.25) is 4.90 Å². The molecule has 1 unspecified atom stereocenters. The molecule has 0 amide bonds. The average Bonchev–Trinajstić information content (AvgIpc) is 2.89. The van der Waals surface area contributed by atoms with E-state index in [2.05, 4.69) is 31.9 Å². The summed E-state index contributed by atoms with van der Waals surface area (Å²) in [6.45, 7) is 11.0. The number of aromatic nitrogens is 3. The zero-order chi connectivity index (χ0) is 13.5. The Morgan fingerprint density at radius 2 is 2.37 bits per heavy atom. The lowest BCUT2D eigenvalue weighted by Gasteiger charge is -2.32. The molecule has 0 radical (unpaired) electrons. The summed E-state index contributed by atoms with van der Waals surface area (Å²) in [5.74, 6) is 1.08. The fourth-order valence-electron chi connectivity index (χ4n) is 2.34. The summed E-state index contributed by atoms with van der Waals surface area (Å²) >= 11 is 0. The SMILES string of the molecule is CCOCCCNCC(C)N1CCn2cnnc2C1. The third-order valence-corrected chi connectivity index (χ3v) is 3.58. The van der Waals surface area contributed by atoms with Crippen LogP contribution in [0.15, 0.2) is 6.33 Å². The highest BCUT2D eigenvalue weighted by Gasteiger charge is 2.21. The molecule has 19 heavy (non-hydrogen) atoms. The van der Waals surface area contributed by atoms with Crippen LogP contribution < -0.4 is 5.32 Å². The molecule has 1 aliphatic heterocycles. The molecule has 108 valence electrons. The van der Waals surface area contributed by atoms with Gasteiger partial charge < -0.3 is 14.6 Å². The molecule has 1 N–H and O–H groups in total. The minimum atomic E-state index is 0.526. The normalized spacial score (nSPS) is 17.4. The van der Waals surface area contributed by atoms with E-state index in [0.29, 0.717) is 6.04 Å². The van der Waals surface area contributed by atoms with Gasteiger partial charge in [-0.2, -0.15) is 0 Å². The van der Waals surface area contributed by atoms with Crippen LogP contribution in [0, 0.1) is 0 Å². The quantitative estimate of drug-likeness (QED) is 0.695. The molecule has 2 rings (SSSR count). The Labute approximate surface area is 115 Å². The van der Waals surface area contributed by atoms with Crippen molar-refractivity contribution < 1.29 is 4.74 Å². The standard InChI is InChI=1S/C13H25N5O/c1-3-19-8-4-5-14-9-12(2)17-6-7-18-11-15-16-13(18)10-17/h11-12,14H,3-10H2,1-2H3. The van der Waals surface area contributed by atoms with E-state index in [1.54, 1.807) is 0 Å². The van der Waals surface area contributed by atoms with Gasteiger partial charge in [-0.25, -0.2) is 0 Å². The van der Waals surface area contributed by atoms with Crippen LogP contribution in [0.2, 0.25) is 0 Å². The molecule has 0 aromatic carbocycles. The number of rotatable bonds is 8. The van der Waals surface area contributed by atoms with Gasteiger partial charge >= 0.3 is 0 Å². The van der Waals surface area contributed by atoms with Crippen molar-refractivity contribution in [1.82, 2.24) is 25.0 Å². The molecule has 0 bridgehead atoms. The Kier molecular flexibility index (Phi) is 5.75. The molecule has 0 spiro atoms. The van der Waals surface area contributed by atoms with Crippen molar-refractivity contribution in [3.05, 3.63) is 12.2 Å². The fraction of sp³-hybridized carbons (Fsp3) is 0.846. The first kappa shape index (κ1) is 14.4. The van der Waals surface area contributed by atoms with Gasteiger partial charge in [-0.05, 0) is 26.8 Å². The van der Waals surface area contributed by atoms with Crippen LogP contribution in [-0.2, 0) is 17.8 Å². The van der Waals surface area contributed by atoms with Gasteiger partial charge in [0.1, 0.15) is 12.2 Å². The highest BCUT2D eigenvalue weighted by Crippen LogP contribution is 2.11. The first-order valence-corrected chi connectivity index (χ1v) is 7.20. The van der Waals surface area contributed by atoms with Crippen LogP contribution in [0.5, 0.6) is 0 Å². The number of nitrogens with zero attached hydrogens (tertiary/aromatic N) is 4. The molecule has 0 fully saturated rings. The second kappa shape index (κ2) is 7.57. The maximum Gasteiger partial charge on any atom is 0.147 e. The fourth-order valence-corrected chi connectivity index (χ4v) is 2.34. The molecule has 1 aromatic rings. The maximum atomic E-state index is 5.32. The highest BCUT2D eigenvalue weighted by atomic mass is 16.5. The summed E-state index contributed by atoms with van der Waals surface area (Å²) in [7, 11) is 0. The highest BCUT2D eigenvalue weighted by molar-refractivity contribution is 4.91. The summed E-state index contributed by atoms with van der Waals surface area (Å²) < 4.78 is 7.46. The lowest BCUT2D eigenvalue weighted by molar-refractivity contribution is 0.140.